The first-order valence-electron chi connectivity index (χ1n) is 8.92. The Bertz CT molecular complexity index is 587. The summed E-state index contributed by atoms with van der Waals surface area (Å²) in [5, 5.41) is 0. The lowest BCUT2D eigenvalue weighted by atomic mass is 9.72. The van der Waals surface area contributed by atoms with Crippen molar-refractivity contribution < 1.29 is 4.79 Å². The maximum absolute atomic E-state index is 12.9. The number of hydrogen-bond donors (Lipinski definition) is 1. The van der Waals surface area contributed by atoms with Crippen LogP contribution in [-0.2, 0) is 12.8 Å². The summed E-state index contributed by atoms with van der Waals surface area (Å²) < 4.78 is 0. The number of fused-ring (bicyclic) bond motifs is 1. The van der Waals surface area contributed by atoms with E-state index < -0.39 is 0 Å². The lowest BCUT2D eigenvalue weighted by molar-refractivity contribution is 0.0748. The number of nitrogens with two attached hydrogens (primary N) is 1. The largest absolute Gasteiger partial charge is 0.335 e. The SMILES string of the molecule is CC1CC(CN)CN1C(=O)c1cc2c(s1)CCC(C(C)(C)C)C2. The molecule has 0 radical (unpaired) electrons. The van der Waals surface area contributed by atoms with Gasteiger partial charge in [0.1, 0.15) is 0 Å². The second kappa shape index (κ2) is 6.21. The Kier molecular flexibility index (Phi) is 4.58. The van der Waals surface area contributed by atoms with E-state index in [2.05, 4.69) is 33.8 Å². The predicted molar refractivity (Wildman–Crippen MR) is 96.9 cm³/mol. The average Bonchev–Trinajstić information content (AvgIpc) is 3.07. The third kappa shape index (κ3) is 3.34. The summed E-state index contributed by atoms with van der Waals surface area (Å²) >= 11 is 1.73. The number of hydrogen-bond acceptors (Lipinski definition) is 3. The third-order valence-corrected chi connectivity index (χ3v) is 7.00. The highest BCUT2D eigenvalue weighted by Crippen LogP contribution is 2.40. The van der Waals surface area contributed by atoms with Crippen LogP contribution in [0.4, 0.5) is 0 Å². The fraction of sp³-hybridized carbons (Fsp3) is 0.737. The second-order valence-corrected chi connectivity index (χ2v) is 9.65. The first-order valence-corrected chi connectivity index (χ1v) is 9.74. The molecule has 1 aromatic heterocycles. The zero-order chi connectivity index (χ0) is 16.8. The van der Waals surface area contributed by atoms with Crippen molar-refractivity contribution >= 4 is 17.2 Å². The monoisotopic (exact) mass is 334 g/mol. The molecule has 1 saturated heterocycles. The maximum Gasteiger partial charge on any atom is 0.264 e. The van der Waals surface area contributed by atoms with Gasteiger partial charge in [0.15, 0.2) is 0 Å². The second-order valence-electron chi connectivity index (χ2n) is 8.51. The summed E-state index contributed by atoms with van der Waals surface area (Å²) in [7, 11) is 0. The third-order valence-electron chi connectivity index (χ3n) is 5.77. The molecule has 0 bridgehead atoms. The van der Waals surface area contributed by atoms with Crippen molar-refractivity contribution in [3.05, 3.63) is 21.4 Å². The molecule has 1 aromatic rings. The Balaban J connectivity index is 1.76. The van der Waals surface area contributed by atoms with E-state index in [1.807, 2.05) is 4.90 Å². The first kappa shape index (κ1) is 17.0. The van der Waals surface area contributed by atoms with E-state index >= 15 is 0 Å². The molecule has 1 fully saturated rings. The molecule has 1 aliphatic heterocycles. The van der Waals surface area contributed by atoms with Gasteiger partial charge in [0.2, 0.25) is 0 Å². The zero-order valence-electron chi connectivity index (χ0n) is 14.9. The van der Waals surface area contributed by atoms with E-state index in [0.717, 1.165) is 36.6 Å². The number of nitrogens with zero attached hydrogens (tertiary/aromatic N) is 1. The van der Waals surface area contributed by atoms with E-state index in [4.69, 9.17) is 5.73 Å². The van der Waals surface area contributed by atoms with Crippen molar-refractivity contribution in [3.63, 3.8) is 0 Å². The molecule has 3 atom stereocenters. The molecular weight excluding hydrogens is 304 g/mol. The molecule has 2 N–H and O–H groups in total. The van der Waals surface area contributed by atoms with Gasteiger partial charge in [-0.05, 0) is 68.0 Å². The molecule has 0 saturated carbocycles. The molecule has 23 heavy (non-hydrogen) atoms. The first-order chi connectivity index (χ1) is 10.8. The van der Waals surface area contributed by atoms with Crippen LogP contribution in [0.2, 0.25) is 0 Å². The molecule has 0 aromatic carbocycles. The standard InChI is InChI=1S/C19H30N2OS/c1-12-7-13(10-20)11-21(12)18(22)17-9-14-8-15(19(2,3)4)5-6-16(14)23-17/h9,12-13,15H,5-8,10-11,20H2,1-4H3. The van der Waals surface area contributed by atoms with Gasteiger partial charge in [0, 0.05) is 17.5 Å². The van der Waals surface area contributed by atoms with E-state index in [9.17, 15) is 4.79 Å². The highest BCUT2D eigenvalue weighted by molar-refractivity contribution is 7.14. The number of carbonyl (C=O) groups is 1. The number of likely N-dealkylation sites (tertiary alicyclic amines) is 1. The fourth-order valence-electron chi connectivity index (χ4n) is 4.11. The Labute approximate surface area is 144 Å². The predicted octanol–water partition coefficient (Wildman–Crippen LogP) is 3.71. The fourth-order valence-corrected chi connectivity index (χ4v) is 5.27. The Morgan fingerprint density at radius 3 is 2.78 bits per heavy atom. The number of amides is 1. The molecule has 1 amide bonds. The van der Waals surface area contributed by atoms with Crippen molar-refractivity contribution in [1.82, 2.24) is 4.90 Å². The van der Waals surface area contributed by atoms with Crippen LogP contribution in [0.15, 0.2) is 6.07 Å². The van der Waals surface area contributed by atoms with Crippen LogP contribution < -0.4 is 5.73 Å². The van der Waals surface area contributed by atoms with Crippen molar-refractivity contribution in [2.24, 2.45) is 23.0 Å². The summed E-state index contributed by atoms with van der Waals surface area (Å²) in [5.41, 5.74) is 7.57. The quantitative estimate of drug-likeness (QED) is 0.896. The van der Waals surface area contributed by atoms with Crippen molar-refractivity contribution in [2.75, 3.05) is 13.1 Å². The van der Waals surface area contributed by atoms with E-state index in [-0.39, 0.29) is 5.91 Å². The number of carbonyl (C=O) groups excluding carboxylic acids is 1. The smallest absolute Gasteiger partial charge is 0.264 e. The highest BCUT2D eigenvalue weighted by atomic mass is 32.1. The Morgan fingerprint density at radius 1 is 1.43 bits per heavy atom. The van der Waals surface area contributed by atoms with Crippen molar-refractivity contribution in [1.29, 1.82) is 0 Å². The Hall–Kier alpha value is -0.870. The highest BCUT2D eigenvalue weighted by Gasteiger charge is 2.34. The summed E-state index contributed by atoms with van der Waals surface area (Å²) in [4.78, 5) is 17.3. The lowest BCUT2D eigenvalue weighted by Gasteiger charge is -2.33. The van der Waals surface area contributed by atoms with Gasteiger partial charge in [-0.25, -0.2) is 0 Å². The summed E-state index contributed by atoms with van der Waals surface area (Å²) in [6.45, 7) is 10.7. The van der Waals surface area contributed by atoms with E-state index in [1.165, 1.54) is 16.9 Å². The zero-order valence-corrected chi connectivity index (χ0v) is 15.7. The normalized spacial score (nSPS) is 28.0. The molecule has 128 valence electrons. The summed E-state index contributed by atoms with van der Waals surface area (Å²) in [5.74, 6) is 1.41. The molecule has 0 spiro atoms. The van der Waals surface area contributed by atoms with Crippen LogP contribution in [0.1, 0.15) is 60.6 Å². The molecule has 3 rings (SSSR count). The van der Waals surface area contributed by atoms with Gasteiger partial charge in [-0.15, -0.1) is 11.3 Å². The number of rotatable bonds is 2. The van der Waals surface area contributed by atoms with Crippen LogP contribution in [0, 0.1) is 17.3 Å². The molecular formula is C19H30N2OS. The molecule has 2 aliphatic rings. The van der Waals surface area contributed by atoms with Gasteiger partial charge < -0.3 is 10.6 Å². The van der Waals surface area contributed by atoms with E-state index in [1.54, 1.807) is 11.3 Å². The molecule has 1 aliphatic carbocycles. The van der Waals surface area contributed by atoms with Crippen molar-refractivity contribution in [2.45, 2.75) is 59.4 Å². The average molecular weight is 335 g/mol. The number of thiophene rings is 1. The van der Waals surface area contributed by atoms with Crippen molar-refractivity contribution in [3.8, 4) is 0 Å². The van der Waals surface area contributed by atoms with Crippen LogP contribution in [0.3, 0.4) is 0 Å². The molecule has 3 nitrogen and oxygen atoms in total. The van der Waals surface area contributed by atoms with Crippen LogP contribution in [0.25, 0.3) is 0 Å². The van der Waals surface area contributed by atoms with Gasteiger partial charge in [-0.1, -0.05) is 20.8 Å². The van der Waals surface area contributed by atoms with Crippen LogP contribution in [0.5, 0.6) is 0 Å². The topological polar surface area (TPSA) is 46.3 Å². The molecule has 4 heteroatoms. The van der Waals surface area contributed by atoms with Gasteiger partial charge in [0.05, 0.1) is 4.88 Å². The van der Waals surface area contributed by atoms with E-state index in [0.29, 0.717) is 23.9 Å². The van der Waals surface area contributed by atoms with Gasteiger partial charge in [-0.2, -0.15) is 0 Å². The lowest BCUT2D eigenvalue weighted by Crippen LogP contribution is -2.33. The van der Waals surface area contributed by atoms with Gasteiger partial charge >= 0.3 is 0 Å². The minimum absolute atomic E-state index is 0.222. The summed E-state index contributed by atoms with van der Waals surface area (Å²) in [6, 6.07) is 2.50. The summed E-state index contributed by atoms with van der Waals surface area (Å²) in [6.07, 6.45) is 4.55. The van der Waals surface area contributed by atoms with Crippen LogP contribution >= 0.6 is 11.3 Å². The van der Waals surface area contributed by atoms with Crippen LogP contribution in [-0.4, -0.2) is 29.9 Å². The number of aryl methyl sites for hydroxylation is 1. The van der Waals surface area contributed by atoms with Gasteiger partial charge in [0.25, 0.3) is 5.91 Å². The van der Waals surface area contributed by atoms with Gasteiger partial charge in [-0.3, -0.25) is 4.79 Å². The molecule has 3 unspecified atom stereocenters. The minimum atomic E-state index is 0.222. The maximum atomic E-state index is 12.9. The Morgan fingerprint density at radius 2 is 2.17 bits per heavy atom. The minimum Gasteiger partial charge on any atom is -0.335 e. The molecule has 2 heterocycles.